The summed E-state index contributed by atoms with van der Waals surface area (Å²) in [5, 5.41) is 34.6. The number of aromatic nitrogens is 2. The smallest absolute Gasteiger partial charge is 0.339 e. The van der Waals surface area contributed by atoms with Gasteiger partial charge in [-0.15, -0.1) is 0 Å². The molecule has 0 aliphatic heterocycles. The van der Waals surface area contributed by atoms with Gasteiger partial charge in [-0.25, -0.2) is 4.79 Å². The largest absolute Gasteiger partial charge is 0.539 e. The van der Waals surface area contributed by atoms with Crippen molar-refractivity contribution < 1.29 is 34.1 Å². The van der Waals surface area contributed by atoms with Gasteiger partial charge < -0.3 is 25.2 Å². The number of hydrogen-bond acceptors (Lipinski definition) is 6. The summed E-state index contributed by atoms with van der Waals surface area (Å²) in [6, 6.07) is 3.60. The lowest BCUT2D eigenvalue weighted by Gasteiger charge is -2.05. The van der Waals surface area contributed by atoms with Gasteiger partial charge in [-0.2, -0.15) is 0 Å². The highest BCUT2D eigenvalue weighted by molar-refractivity contribution is 5.95. The number of amides is 1. The molecule has 9 heteroatoms. The van der Waals surface area contributed by atoms with Crippen LogP contribution in [0.4, 0.5) is 5.69 Å². The lowest BCUT2D eigenvalue weighted by Crippen LogP contribution is -2.41. The molecule has 0 aliphatic carbocycles. The Bertz CT molecular complexity index is 666. The van der Waals surface area contributed by atoms with Crippen LogP contribution >= 0.6 is 0 Å². The predicted octanol–water partition coefficient (Wildman–Crippen LogP) is -0.922. The highest BCUT2D eigenvalue weighted by atomic mass is 16.6. The molecular formula is C11H9N3O6. The standard InChI is InChI=1S/C11H8N3O6/c15-8-2-1-6(3-7(8)11(18)19)12-9(16)4-14-5-10(17)20-13-14/h1-3,5H,4H2,(H2,17,18,19)/q-1/p+1. The monoisotopic (exact) mass is 279 g/mol. The molecule has 20 heavy (non-hydrogen) atoms. The molecule has 9 nitrogen and oxygen atoms in total. The van der Waals surface area contributed by atoms with E-state index in [0.717, 1.165) is 23.0 Å². The minimum absolute atomic E-state index is 0.191. The summed E-state index contributed by atoms with van der Waals surface area (Å²) in [5.74, 6) is -2.95. The number of phenols is 1. The molecule has 0 spiro atoms. The minimum atomic E-state index is -1.32. The second-order valence-corrected chi connectivity index (χ2v) is 3.80. The number of benzene rings is 1. The maximum Gasteiger partial charge on any atom is 0.339 e. The van der Waals surface area contributed by atoms with Gasteiger partial charge in [-0.3, -0.25) is 4.79 Å². The third-order valence-electron chi connectivity index (χ3n) is 2.31. The van der Waals surface area contributed by atoms with Crippen LogP contribution in [0.2, 0.25) is 0 Å². The first kappa shape index (κ1) is 13.3. The van der Waals surface area contributed by atoms with Gasteiger partial charge >= 0.3 is 5.97 Å². The van der Waals surface area contributed by atoms with Crippen molar-refractivity contribution in [1.29, 1.82) is 0 Å². The second-order valence-electron chi connectivity index (χ2n) is 3.80. The molecule has 2 rings (SSSR count). The van der Waals surface area contributed by atoms with Gasteiger partial charge in [0, 0.05) is 5.69 Å². The average Bonchev–Trinajstić information content (AvgIpc) is 2.76. The number of carboxylic acids is 1. The van der Waals surface area contributed by atoms with E-state index in [1.54, 1.807) is 0 Å². The van der Waals surface area contributed by atoms with Crippen molar-refractivity contribution in [2.45, 2.75) is 6.54 Å². The summed E-state index contributed by atoms with van der Waals surface area (Å²) in [7, 11) is 0. The zero-order valence-corrected chi connectivity index (χ0v) is 9.94. The van der Waals surface area contributed by atoms with Gasteiger partial charge in [0.05, 0.1) is 5.27 Å². The number of carbonyl (C=O) groups excluding carboxylic acids is 1. The zero-order valence-electron chi connectivity index (χ0n) is 9.94. The van der Waals surface area contributed by atoms with Crippen molar-refractivity contribution >= 4 is 17.6 Å². The maximum atomic E-state index is 11.6. The van der Waals surface area contributed by atoms with E-state index < -0.39 is 23.6 Å². The van der Waals surface area contributed by atoms with E-state index >= 15 is 0 Å². The third-order valence-corrected chi connectivity index (χ3v) is 2.31. The van der Waals surface area contributed by atoms with Crippen molar-refractivity contribution in [3.63, 3.8) is 0 Å². The van der Waals surface area contributed by atoms with Gasteiger partial charge in [0.25, 0.3) is 12.5 Å². The molecule has 0 atom stereocenters. The first-order valence-electron chi connectivity index (χ1n) is 5.35. The Kier molecular flexibility index (Phi) is 3.51. The van der Waals surface area contributed by atoms with E-state index in [1.165, 1.54) is 6.07 Å². The van der Waals surface area contributed by atoms with Crippen molar-refractivity contribution in [2.24, 2.45) is 0 Å². The second kappa shape index (κ2) is 5.26. The summed E-state index contributed by atoms with van der Waals surface area (Å²) in [5.41, 5.74) is -0.143. The summed E-state index contributed by atoms with van der Waals surface area (Å²) in [4.78, 5) is 22.5. The number of rotatable bonds is 4. The summed E-state index contributed by atoms with van der Waals surface area (Å²) in [6.45, 7) is -0.269. The minimum Gasteiger partial charge on any atom is -0.539 e. The van der Waals surface area contributed by atoms with Crippen LogP contribution in [0.5, 0.6) is 11.7 Å². The van der Waals surface area contributed by atoms with E-state index in [-0.39, 0.29) is 17.8 Å². The lowest BCUT2D eigenvalue weighted by molar-refractivity contribution is -0.750. The molecule has 0 saturated carbocycles. The molecule has 0 unspecified atom stereocenters. The van der Waals surface area contributed by atoms with Crippen LogP contribution in [0.25, 0.3) is 0 Å². The number of aromatic carboxylic acids is 1. The van der Waals surface area contributed by atoms with Crippen molar-refractivity contribution in [1.82, 2.24) is 5.27 Å². The van der Waals surface area contributed by atoms with Gasteiger partial charge in [0.1, 0.15) is 17.3 Å². The fourth-order valence-corrected chi connectivity index (χ4v) is 1.47. The summed E-state index contributed by atoms with van der Waals surface area (Å²) < 4.78 is 5.24. The molecule has 3 N–H and O–H groups in total. The SMILES string of the molecule is O=C(C[n+]1cc([O-])on1)Nc1ccc(O)c(C(=O)O)c1. The van der Waals surface area contributed by atoms with Gasteiger partial charge in [0.2, 0.25) is 6.20 Å². The Morgan fingerprint density at radius 3 is 2.80 bits per heavy atom. The van der Waals surface area contributed by atoms with E-state index in [9.17, 15) is 19.8 Å². The van der Waals surface area contributed by atoms with Gasteiger partial charge in [-0.05, 0) is 18.2 Å². The van der Waals surface area contributed by atoms with Crippen LogP contribution in [0.3, 0.4) is 0 Å². The topological polar surface area (TPSA) is 140 Å². The van der Waals surface area contributed by atoms with Crippen molar-refractivity contribution in [2.75, 3.05) is 5.32 Å². The first-order chi connectivity index (χ1) is 9.45. The fourth-order valence-electron chi connectivity index (χ4n) is 1.47. The van der Waals surface area contributed by atoms with E-state index in [0.29, 0.717) is 0 Å². The third kappa shape index (κ3) is 3.02. The Labute approximate surface area is 111 Å². The molecule has 1 aromatic heterocycles. The Morgan fingerprint density at radius 2 is 2.20 bits per heavy atom. The van der Waals surface area contributed by atoms with Crippen molar-refractivity contribution in [3.8, 4) is 11.7 Å². The van der Waals surface area contributed by atoms with Crippen LogP contribution in [-0.4, -0.2) is 27.4 Å². The van der Waals surface area contributed by atoms with Crippen LogP contribution in [-0.2, 0) is 11.3 Å². The molecule has 2 aromatic rings. The highest BCUT2D eigenvalue weighted by Crippen LogP contribution is 2.21. The van der Waals surface area contributed by atoms with Gasteiger partial charge in [-0.1, -0.05) is 4.68 Å². The molecule has 1 heterocycles. The predicted molar refractivity (Wildman–Crippen MR) is 59.8 cm³/mol. The first-order valence-corrected chi connectivity index (χ1v) is 5.35. The number of aromatic hydroxyl groups is 1. The van der Waals surface area contributed by atoms with Gasteiger partial charge in [0.15, 0.2) is 0 Å². The van der Waals surface area contributed by atoms with E-state index in [4.69, 9.17) is 5.11 Å². The number of nitrogens with one attached hydrogen (secondary N) is 1. The van der Waals surface area contributed by atoms with E-state index in [2.05, 4.69) is 15.1 Å². The maximum absolute atomic E-state index is 11.6. The number of hydrogen-bond donors (Lipinski definition) is 3. The normalized spacial score (nSPS) is 10.2. The molecule has 0 fully saturated rings. The molecule has 1 aromatic carbocycles. The average molecular weight is 279 g/mol. The Balaban J connectivity index is 2.08. The Morgan fingerprint density at radius 1 is 1.45 bits per heavy atom. The summed E-state index contributed by atoms with van der Waals surface area (Å²) in [6.07, 6.45) is 0.999. The number of carboxylic acid groups (broad SMARTS) is 1. The zero-order chi connectivity index (χ0) is 14.7. The molecular weight excluding hydrogens is 270 g/mol. The number of carbonyl (C=O) groups is 2. The molecule has 0 radical (unpaired) electrons. The number of anilines is 1. The van der Waals surface area contributed by atoms with Crippen LogP contribution in [0.15, 0.2) is 28.9 Å². The quantitative estimate of drug-likeness (QED) is 0.485. The molecule has 0 aliphatic rings. The van der Waals surface area contributed by atoms with E-state index in [1.807, 2.05) is 0 Å². The Hall–Kier alpha value is -3.10. The van der Waals surface area contributed by atoms with Crippen molar-refractivity contribution in [3.05, 3.63) is 30.0 Å². The molecule has 1 amide bonds. The molecule has 0 saturated heterocycles. The molecule has 0 bridgehead atoms. The number of nitrogens with zero attached hydrogens (tertiary/aromatic N) is 2. The fraction of sp³-hybridized carbons (Fsp3) is 0.0909. The van der Waals surface area contributed by atoms with Crippen LogP contribution in [0, 0.1) is 0 Å². The lowest BCUT2D eigenvalue weighted by atomic mass is 10.2. The van der Waals surface area contributed by atoms with Crippen LogP contribution < -0.4 is 15.1 Å². The molecule has 104 valence electrons. The highest BCUT2D eigenvalue weighted by Gasteiger charge is 2.15. The summed E-state index contributed by atoms with van der Waals surface area (Å²) >= 11 is 0. The van der Waals surface area contributed by atoms with Crippen LogP contribution in [0.1, 0.15) is 10.4 Å².